The van der Waals surface area contributed by atoms with E-state index in [1.807, 2.05) is 42.5 Å². The summed E-state index contributed by atoms with van der Waals surface area (Å²) >= 11 is 1.49. The smallest absolute Gasteiger partial charge is 0.252 e. The van der Waals surface area contributed by atoms with Gasteiger partial charge in [-0.3, -0.25) is 4.79 Å². The summed E-state index contributed by atoms with van der Waals surface area (Å²) < 4.78 is 13.9. The van der Waals surface area contributed by atoms with Crippen LogP contribution in [0.2, 0.25) is 0 Å². The van der Waals surface area contributed by atoms with Gasteiger partial charge in [-0.25, -0.2) is 0 Å². The number of aryl methyl sites for hydroxylation is 1. The predicted molar refractivity (Wildman–Crippen MR) is 104 cm³/mol. The molecule has 0 spiro atoms. The van der Waals surface area contributed by atoms with Crippen LogP contribution < -0.4 is 14.3 Å². The number of nitrogens with zero attached hydrogens (tertiary/aromatic N) is 2. The Morgan fingerprint density at radius 2 is 1.81 bits per heavy atom. The second-order valence-electron chi connectivity index (χ2n) is 5.88. The molecule has 2 aromatic carbocycles. The zero-order chi connectivity index (χ0) is 18.5. The molecule has 0 radical (unpaired) electrons. The first kappa shape index (κ1) is 18.2. The molecule has 1 amide bonds. The fraction of sp³-hybridized carbons (Fsp3) is 0.300. The van der Waals surface area contributed by atoms with Crippen LogP contribution in [-0.2, 0) is 17.8 Å². The predicted octanol–water partition coefficient (Wildman–Crippen LogP) is 3.80. The molecular weight excluding hydrogens is 348 g/mol. The Morgan fingerprint density at radius 3 is 2.46 bits per heavy atom. The Kier molecular flexibility index (Phi) is 5.73. The molecule has 6 heteroatoms. The van der Waals surface area contributed by atoms with Gasteiger partial charge in [-0.05, 0) is 12.0 Å². The van der Waals surface area contributed by atoms with Crippen molar-refractivity contribution in [3.05, 3.63) is 52.8 Å². The maximum atomic E-state index is 12.4. The Morgan fingerprint density at radius 1 is 1.12 bits per heavy atom. The summed E-state index contributed by atoms with van der Waals surface area (Å²) in [6.07, 6.45) is 1.24. The SMILES string of the molecule is CCCn1c(=NC(=O)Cc2ccccc2)sc2cc(OC)c(OC)cc21. The van der Waals surface area contributed by atoms with Gasteiger partial charge in [0.25, 0.3) is 5.91 Å². The van der Waals surface area contributed by atoms with Crippen LogP contribution in [0, 0.1) is 0 Å². The van der Waals surface area contributed by atoms with E-state index in [2.05, 4.69) is 16.5 Å². The highest BCUT2D eigenvalue weighted by molar-refractivity contribution is 7.16. The molecule has 0 saturated heterocycles. The minimum Gasteiger partial charge on any atom is -0.493 e. The summed E-state index contributed by atoms with van der Waals surface area (Å²) in [6.45, 7) is 2.89. The summed E-state index contributed by atoms with van der Waals surface area (Å²) in [5, 5.41) is 0. The van der Waals surface area contributed by atoms with Gasteiger partial charge < -0.3 is 14.0 Å². The Balaban J connectivity index is 2.06. The third kappa shape index (κ3) is 3.80. The molecule has 5 nitrogen and oxygen atoms in total. The summed E-state index contributed by atoms with van der Waals surface area (Å²) in [5.74, 6) is 1.20. The van der Waals surface area contributed by atoms with Crippen LogP contribution in [0.25, 0.3) is 10.2 Å². The lowest BCUT2D eigenvalue weighted by Gasteiger charge is -2.08. The van der Waals surface area contributed by atoms with Gasteiger partial charge >= 0.3 is 0 Å². The zero-order valence-electron chi connectivity index (χ0n) is 15.2. The van der Waals surface area contributed by atoms with Crippen LogP contribution in [0.5, 0.6) is 11.5 Å². The maximum Gasteiger partial charge on any atom is 0.252 e. The van der Waals surface area contributed by atoms with E-state index in [1.54, 1.807) is 14.2 Å². The van der Waals surface area contributed by atoms with Crippen LogP contribution >= 0.6 is 11.3 Å². The number of hydrogen-bond donors (Lipinski definition) is 0. The fourth-order valence-electron chi connectivity index (χ4n) is 2.84. The molecule has 0 aliphatic rings. The van der Waals surface area contributed by atoms with Crippen LogP contribution in [0.15, 0.2) is 47.5 Å². The molecule has 3 aromatic rings. The second-order valence-corrected chi connectivity index (χ2v) is 6.89. The number of ether oxygens (including phenoxy) is 2. The van der Waals surface area contributed by atoms with Crippen LogP contribution in [0.4, 0.5) is 0 Å². The van der Waals surface area contributed by atoms with Crippen molar-refractivity contribution >= 4 is 27.5 Å². The average molecular weight is 370 g/mol. The molecule has 0 aliphatic heterocycles. The summed E-state index contributed by atoms with van der Waals surface area (Å²) in [6, 6.07) is 13.6. The Bertz CT molecular complexity index is 974. The van der Waals surface area contributed by atoms with E-state index >= 15 is 0 Å². The van der Waals surface area contributed by atoms with Crippen LogP contribution in [0.1, 0.15) is 18.9 Å². The van der Waals surface area contributed by atoms with Gasteiger partial charge in [-0.2, -0.15) is 4.99 Å². The number of carbonyl (C=O) groups is 1. The van der Waals surface area contributed by atoms with Crippen molar-refractivity contribution in [2.75, 3.05) is 14.2 Å². The molecule has 0 bridgehead atoms. The Hall–Kier alpha value is -2.60. The van der Waals surface area contributed by atoms with E-state index in [9.17, 15) is 4.79 Å². The van der Waals surface area contributed by atoms with Crippen LogP contribution in [-0.4, -0.2) is 24.7 Å². The molecule has 1 aromatic heterocycles. The standard InChI is InChI=1S/C20H22N2O3S/c1-4-10-22-15-12-16(24-2)17(25-3)13-18(15)26-20(22)21-19(23)11-14-8-6-5-7-9-14/h5-9,12-13H,4,10-11H2,1-3H3. The molecule has 136 valence electrons. The van der Waals surface area contributed by atoms with E-state index in [1.165, 1.54) is 11.3 Å². The third-order valence-electron chi connectivity index (χ3n) is 4.05. The topological polar surface area (TPSA) is 52.8 Å². The lowest BCUT2D eigenvalue weighted by Crippen LogP contribution is -2.17. The van der Waals surface area contributed by atoms with Crippen molar-refractivity contribution in [1.82, 2.24) is 4.57 Å². The molecule has 3 rings (SSSR count). The first-order valence-electron chi connectivity index (χ1n) is 8.53. The summed E-state index contributed by atoms with van der Waals surface area (Å²) in [5.41, 5.74) is 1.97. The average Bonchev–Trinajstić information content (AvgIpc) is 2.97. The number of amides is 1. The third-order valence-corrected chi connectivity index (χ3v) is 5.09. The molecule has 26 heavy (non-hydrogen) atoms. The molecule has 0 aliphatic carbocycles. The molecule has 0 atom stereocenters. The van der Waals surface area contributed by atoms with Gasteiger partial charge in [0.2, 0.25) is 0 Å². The lowest BCUT2D eigenvalue weighted by atomic mass is 10.1. The number of aromatic nitrogens is 1. The molecular formula is C20H22N2O3S. The zero-order valence-corrected chi connectivity index (χ0v) is 16.0. The minimum absolute atomic E-state index is 0.147. The van der Waals surface area contributed by atoms with Gasteiger partial charge in [-0.15, -0.1) is 0 Å². The van der Waals surface area contributed by atoms with E-state index in [4.69, 9.17) is 9.47 Å². The van der Waals surface area contributed by atoms with Crippen molar-refractivity contribution in [2.45, 2.75) is 26.3 Å². The fourth-order valence-corrected chi connectivity index (χ4v) is 3.92. The quantitative estimate of drug-likeness (QED) is 0.663. The van der Waals surface area contributed by atoms with Crippen LogP contribution in [0.3, 0.4) is 0 Å². The van der Waals surface area contributed by atoms with E-state index < -0.39 is 0 Å². The molecule has 1 heterocycles. The number of carbonyl (C=O) groups excluding carboxylic acids is 1. The van der Waals surface area contributed by atoms with Gasteiger partial charge in [0, 0.05) is 18.7 Å². The van der Waals surface area contributed by atoms with Crippen molar-refractivity contribution in [3.63, 3.8) is 0 Å². The Labute approximate surface area is 156 Å². The largest absolute Gasteiger partial charge is 0.493 e. The number of benzene rings is 2. The number of hydrogen-bond acceptors (Lipinski definition) is 4. The normalized spacial score (nSPS) is 11.7. The van der Waals surface area contributed by atoms with Crippen molar-refractivity contribution < 1.29 is 14.3 Å². The van der Waals surface area contributed by atoms with Gasteiger partial charge in [0.05, 0.1) is 30.9 Å². The van der Waals surface area contributed by atoms with Gasteiger partial charge in [0.15, 0.2) is 16.3 Å². The molecule has 0 unspecified atom stereocenters. The molecule has 0 fully saturated rings. The van der Waals surface area contributed by atoms with Crippen molar-refractivity contribution in [3.8, 4) is 11.5 Å². The number of thiazole rings is 1. The van der Waals surface area contributed by atoms with E-state index in [0.29, 0.717) is 22.7 Å². The minimum atomic E-state index is -0.147. The highest BCUT2D eigenvalue weighted by Gasteiger charge is 2.13. The number of methoxy groups -OCH3 is 2. The molecule has 0 N–H and O–H groups in total. The van der Waals surface area contributed by atoms with E-state index in [-0.39, 0.29) is 5.91 Å². The van der Waals surface area contributed by atoms with Gasteiger partial charge in [0.1, 0.15) is 0 Å². The molecule has 0 saturated carbocycles. The van der Waals surface area contributed by atoms with Gasteiger partial charge in [-0.1, -0.05) is 48.6 Å². The van der Waals surface area contributed by atoms with Crippen molar-refractivity contribution in [1.29, 1.82) is 0 Å². The van der Waals surface area contributed by atoms with Crippen molar-refractivity contribution in [2.24, 2.45) is 4.99 Å². The second kappa shape index (κ2) is 8.19. The first-order valence-corrected chi connectivity index (χ1v) is 9.34. The highest BCUT2D eigenvalue weighted by Crippen LogP contribution is 2.33. The monoisotopic (exact) mass is 370 g/mol. The highest BCUT2D eigenvalue weighted by atomic mass is 32.1. The first-order chi connectivity index (χ1) is 12.7. The maximum absolute atomic E-state index is 12.4. The summed E-state index contributed by atoms with van der Waals surface area (Å²) in [7, 11) is 3.24. The van der Waals surface area contributed by atoms with E-state index in [0.717, 1.165) is 28.7 Å². The number of fused-ring (bicyclic) bond motifs is 1. The summed E-state index contributed by atoms with van der Waals surface area (Å²) in [4.78, 5) is 17.5. The number of rotatable bonds is 6. The lowest BCUT2D eigenvalue weighted by molar-refractivity contribution is -0.117.